The number of carbonyl (C=O) groups is 2. The van der Waals surface area contributed by atoms with Crippen molar-refractivity contribution in [2.24, 2.45) is 0 Å². The van der Waals surface area contributed by atoms with Crippen LogP contribution >= 0.6 is 0 Å². The second-order valence-electron chi connectivity index (χ2n) is 9.91. The first kappa shape index (κ1) is 31.7. The van der Waals surface area contributed by atoms with Crippen LogP contribution in [0.2, 0.25) is 0 Å². The van der Waals surface area contributed by atoms with E-state index in [1.807, 2.05) is 58.9 Å². The Kier molecular flexibility index (Phi) is 11.3. The van der Waals surface area contributed by atoms with Gasteiger partial charge in [-0.1, -0.05) is 55.8 Å². The number of carbonyl (C=O) groups excluding carboxylic acids is 2. The number of anilines is 1. The number of nitrogens with one attached hydrogen (secondary N) is 1. The smallest absolute Gasteiger partial charge is 0.264 e. The summed E-state index contributed by atoms with van der Waals surface area (Å²) in [7, 11) is -4.15. The average molecular weight is 580 g/mol. The first-order chi connectivity index (χ1) is 19.6. The fourth-order valence-electron chi connectivity index (χ4n) is 4.50. The molecular weight excluding hydrogens is 538 g/mol. The van der Waals surface area contributed by atoms with E-state index in [2.05, 4.69) is 5.32 Å². The highest BCUT2D eigenvalue weighted by molar-refractivity contribution is 7.92. The van der Waals surface area contributed by atoms with Gasteiger partial charge in [0.2, 0.25) is 11.8 Å². The van der Waals surface area contributed by atoms with E-state index in [9.17, 15) is 18.0 Å². The number of rotatable bonds is 14. The van der Waals surface area contributed by atoms with Gasteiger partial charge < -0.3 is 15.0 Å². The molecule has 9 heteroatoms. The van der Waals surface area contributed by atoms with Gasteiger partial charge in [-0.2, -0.15) is 0 Å². The molecule has 41 heavy (non-hydrogen) atoms. The van der Waals surface area contributed by atoms with Crippen LogP contribution in [0.1, 0.15) is 50.3 Å². The zero-order valence-corrected chi connectivity index (χ0v) is 25.4. The largest absolute Gasteiger partial charge is 0.494 e. The summed E-state index contributed by atoms with van der Waals surface area (Å²) in [5, 5.41) is 2.91. The summed E-state index contributed by atoms with van der Waals surface area (Å²) in [4.78, 5) is 28.9. The lowest BCUT2D eigenvalue weighted by Gasteiger charge is -2.33. The van der Waals surface area contributed by atoms with Gasteiger partial charge in [0.1, 0.15) is 18.3 Å². The molecule has 3 rings (SSSR count). The molecule has 0 unspecified atom stereocenters. The van der Waals surface area contributed by atoms with Crippen LogP contribution in [-0.2, 0) is 26.2 Å². The van der Waals surface area contributed by atoms with Crippen molar-refractivity contribution in [1.82, 2.24) is 10.2 Å². The fourth-order valence-corrected chi connectivity index (χ4v) is 5.91. The monoisotopic (exact) mass is 579 g/mol. The summed E-state index contributed by atoms with van der Waals surface area (Å²) in [5.41, 5.74) is 3.18. The lowest BCUT2D eigenvalue weighted by atomic mass is 10.1. The van der Waals surface area contributed by atoms with E-state index in [1.165, 1.54) is 17.0 Å². The maximum absolute atomic E-state index is 14.1. The number of hydrogen-bond donors (Lipinski definition) is 1. The van der Waals surface area contributed by atoms with Crippen LogP contribution < -0.4 is 14.4 Å². The molecule has 0 bridgehead atoms. The van der Waals surface area contributed by atoms with Gasteiger partial charge in [0.15, 0.2) is 0 Å². The van der Waals surface area contributed by atoms with Crippen molar-refractivity contribution in [2.75, 3.05) is 24.0 Å². The van der Waals surface area contributed by atoms with Crippen LogP contribution in [0, 0.1) is 13.8 Å². The zero-order valence-electron chi connectivity index (χ0n) is 24.6. The molecule has 0 saturated heterocycles. The van der Waals surface area contributed by atoms with E-state index < -0.39 is 28.5 Å². The predicted octanol–water partition coefficient (Wildman–Crippen LogP) is 5.23. The Morgan fingerprint density at radius 3 is 2.15 bits per heavy atom. The third kappa shape index (κ3) is 8.10. The molecule has 0 spiro atoms. The zero-order chi connectivity index (χ0) is 30.0. The highest BCUT2D eigenvalue weighted by Gasteiger charge is 2.33. The van der Waals surface area contributed by atoms with Crippen molar-refractivity contribution in [1.29, 1.82) is 0 Å². The Labute approximate surface area is 244 Å². The van der Waals surface area contributed by atoms with E-state index in [-0.39, 0.29) is 17.3 Å². The number of sulfonamides is 1. The van der Waals surface area contributed by atoms with E-state index in [1.54, 1.807) is 36.4 Å². The van der Waals surface area contributed by atoms with E-state index in [4.69, 9.17) is 4.74 Å². The molecule has 0 heterocycles. The highest BCUT2D eigenvalue weighted by atomic mass is 32.2. The number of amides is 2. The van der Waals surface area contributed by atoms with Gasteiger partial charge in [-0.3, -0.25) is 13.9 Å². The van der Waals surface area contributed by atoms with Crippen molar-refractivity contribution in [3.05, 3.63) is 89.5 Å². The Morgan fingerprint density at radius 1 is 0.902 bits per heavy atom. The molecule has 1 atom stereocenters. The molecule has 0 fully saturated rings. The molecule has 0 saturated carbocycles. The van der Waals surface area contributed by atoms with Crippen molar-refractivity contribution in [3.8, 4) is 5.75 Å². The van der Waals surface area contributed by atoms with Crippen LogP contribution in [-0.4, -0.2) is 50.9 Å². The van der Waals surface area contributed by atoms with Crippen LogP contribution in [0.4, 0.5) is 5.69 Å². The van der Waals surface area contributed by atoms with Gasteiger partial charge in [0.25, 0.3) is 10.0 Å². The minimum absolute atomic E-state index is 0.0347. The van der Waals surface area contributed by atoms with Crippen molar-refractivity contribution >= 4 is 27.5 Å². The van der Waals surface area contributed by atoms with Gasteiger partial charge in [0, 0.05) is 13.1 Å². The van der Waals surface area contributed by atoms with E-state index >= 15 is 0 Å². The third-order valence-electron chi connectivity index (χ3n) is 6.86. The molecule has 0 aliphatic heterocycles. The minimum atomic E-state index is -4.15. The van der Waals surface area contributed by atoms with Crippen molar-refractivity contribution < 1.29 is 22.7 Å². The quantitative estimate of drug-likeness (QED) is 0.282. The van der Waals surface area contributed by atoms with E-state index in [0.29, 0.717) is 31.0 Å². The average Bonchev–Trinajstić information content (AvgIpc) is 2.96. The normalized spacial score (nSPS) is 11.9. The van der Waals surface area contributed by atoms with E-state index in [0.717, 1.165) is 27.4 Å². The minimum Gasteiger partial charge on any atom is -0.494 e. The van der Waals surface area contributed by atoms with Crippen LogP contribution in [0.15, 0.2) is 77.7 Å². The van der Waals surface area contributed by atoms with Crippen molar-refractivity contribution in [2.45, 2.75) is 64.9 Å². The Hall–Kier alpha value is -3.85. The topological polar surface area (TPSA) is 96.0 Å². The lowest BCUT2D eigenvalue weighted by Crippen LogP contribution is -2.52. The number of nitrogens with zero attached hydrogens (tertiary/aromatic N) is 2. The van der Waals surface area contributed by atoms with Crippen LogP contribution in [0.25, 0.3) is 0 Å². The number of aryl methyl sites for hydroxylation is 2. The predicted molar refractivity (Wildman–Crippen MR) is 162 cm³/mol. The molecule has 3 aromatic carbocycles. The second-order valence-corrected chi connectivity index (χ2v) is 11.8. The number of ether oxygens (including phenoxy) is 1. The molecule has 3 aromatic rings. The van der Waals surface area contributed by atoms with Crippen molar-refractivity contribution in [3.63, 3.8) is 0 Å². The Morgan fingerprint density at radius 2 is 1.56 bits per heavy atom. The summed E-state index contributed by atoms with van der Waals surface area (Å²) in [6.45, 7) is 10.2. The summed E-state index contributed by atoms with van der Waals surface area (Å²) in [6.07, 6.45) is 1.14. The third-order valence-corrected chi connectivity index (χ3v) is 8.65. The van der Waals surface area contributed by atoms with Gasteiger partial charge in [-0.25, -0.2) is 8.42 Å². The van der Waals surface area contributed by atoms with Gasteiger partial charge in [-0.05, 0) is 81.1 Å². The van der Waals surface area contributed by atoms with Crippen LogP contribution in [0.5, 0.6) is 5.75 Å². The molecular formula is C32H41N3O5S. The number of hydrogen-bond acceptors (Lipinski definition) is 5. The summed E-state index contributed by atoms with van der Waals surface area (Å²) < 4.78 is 34.6. The molecule has 220 valence electrons. The van der Waals surface area contributed by atoms with Crippen LogP contribution in [0.3, 0.4) is 0 Å². The highest BCUT2D eigenvalue weighted by Crippen LogP contribution is 2.27. The van der Waals surface area contributed by atoms with Gasteiger partial charge in [-0.15, -0.1) is 0 Å². The first-order valence-electron chi connectivity index (χ1n) is 14.1. The first-order valence-corrected chi connectivity index (χ1v) is 15.5. The molecule has 0 aliphatic carbocycles. The summed E-state index contributed by atoms with van der Waals surface area (Å²) in [5.74, 6) is -0.174. The maximum Gasteiger partial charge on any atom is 0.264 e. The second kappa shape index (κ2) is 14.7. The molecule has 0 aromatic heterocycles. The summed E-state index contributed by atoms with van der Waals surface area (Å²) >= 11 is 0. The fraction of sp³-hybridized carbons (Fsp3) is 0.375. The molecule has 8 nitrogen and oxygen atoms in total. The molecule has 2 amide bonds. The SMILES string of the molecule is CCCNC(=O)[C@@H](CC)N(Cc1ccccc1C)C(=O)CN(c1ccc(C)cc1)S(=O)(=O)c1ccc(OCC)cc1. The molecule has 0 aliphatic rings. The Balaban J connectivity index is 2.05. The molecule has 0 radical (unpaired) electrons. The summed E-state index contributed by atoms with van der Waals surface area (Å²) in [6, 6.07) is 20.0. The Bertz CT molecular complexity index is 1410. The lowest BCUT2D eigenvalue weighted by molar-refractivity contribution is -0.140. The molecule has 1 N–H and O–H groups in total. The van der Waals surface area contributed by atoms with Gasteiger partial charge in [0.05, 0.1) is 17.2 Å². The number of benzene rings is 3. The standard InChI is InChI=1S/C32H41N3O5S/c1-6-21-33-32(37)30(7-2)34(22-26-12-10-9-11-25(26)5)31(36)23-35(27-15-13-24(4)14-16-27)41(38,39)29-19-17-28(18-20-29)40-8-3/h9-20,30H,6-8,21-23H2,1-5H3,(H,33,37)/t30-/m1/s1. The maximum atomic E-state index is 14.1. The van der Waals surface area contributed by atoms with Gasteiger partial charge >= 0.3 is 0 Å².